The van der Waals surface area contributed by atoms with Crippen LogP contribution >= 0.6 is 0 Å². The molecule has 0 aliphatic heterocycles. The molecule has 2 aromatic rings. The molecule has 0 fully saturated rings. The monoisotopic (exact) mass is 469 g/mol. The third kappa shape index (κ3) is 5.69. The quantitative estimate of drug-likeness (QED) is 0.659. The molecule has 1 radical (unpaired) electrons. The van der Waals surface area contributed by atoms with Crippen LogP contribution in [-0.2, 0) is 0 Å². The summed E-state index contributed by atoms with van der Waals surface area (Å²) in [5.74, 6) is 7.06. The SMILES string of the molecule is CCCOc1ccc(C#Cc2cc(OC)c(O)cc2O)cc1OC.[Pr]. The molecule has 2 aromatic carbocycles. The van der Waals surface area contributed by atoms with Crippen molar-refractivity contribution in [1.29, 1.82) is 0 Å². The van der Waals surface area contributed by atoms with Crippen LogP contribution in [-0.4, -0.2) is 31.0 Å². The number of phenols is 2. The maximum Gasteiger partial charge on any atom is 0.162 e. The minimum absolute atomic E-state index is 0. The summed E-state index contributed by atoms with van der Waals surface area (Å²) in [7, 11) is 3.01. The average molecular weight is 469 g/mol. The van der Waals surface area contributed by atoms with E-state index >= 15 is 0 Å². The summed E-state index contributed by atoms with van der Waals surface area (Å²) in [5, 5.41) is 19.5. The van der Waals surface area contributed by atoms with Crippen molar-refractivity contribution >= 4 is 0 Å². The maximum absolute atomic E-state index is 9.87. The van der Waals surface area contributed by atoms with Gasteiger partial charge in [0.1, 0.15) is 5.75 Å². The van der Waals surface area contributed by atoms with E-state index in [0.29, 0.717) is 29.2 Å². The summed E-state index contributed by atoms with van der Waals surface area (Å²) in [6.45, 7) is 2.65. The maximum atomic E-state index is 9.87. The van der Waals surface area contributed by atoms with Gasteiger partial charge in [0.25, 0.3) is 0 Å². The number of aromatic hydroxyl groups is 2. The number of hydrogen-bond acceptors (Lipinski definition) is 5. The molecule has 0 unspecified atom stereocenters. The van der Waals surface area contributed by atoms with E-state index in [1.807, 2.05) is 13.0 Å². The van der Waals surface area contributed by atoms with Crippen molar-refractivity contribution in [2.45, 2.75) is 13.3 Å². The molecular formula is C19H20O5Pr. The van der Waals surface area contributed by atoms with Crippen molar-refractivity contribution in [3.63, 3.8) is 0 Å². The van der Waals surface area contributed by atoms with Crippen LogP contribution in [0, 0.1) is 53.1 Å². The minimum Gasteiger partial charge on any atom is -0.507 e. The molecular weight excluding hydrogens is 449 g/mol. The molecule has 0 atom stereocenters. The number of hydrogen-bond donors (Lipinski definition) is 2. The molecule has 25 heavy (non-hydrogen) atoms. The fourth-order valence-electron chi connectivity index (χ4n) is 2.04. The molecule has 2 N–H and O–H groups in total. The summed E-state index contributed by atoms with van der Waals surface area (Å²) in [6.07, 6.45) is 0.909. The van der Waals surface area contributed by atoms with Crippen molar-refractivity contribution in [1.82, 2.24) is 0 Å². The Balaban J connectivity index is 0.00000312. The molecule has 2 rings (SSSR count). The van der Waals surface area contributed by atoms with Gasteiger partial charge in [-0.05, 0) is 24.6 Å². The standard InChI is InChI=1S/C19H20O5.Pr/c1-4-9-24-17-8-6-13(10-19(17)23-3)5-7-14-11-18(22-2)16(21)12-15(14)20;/h6,8,10-12,20-21H,4,9H2,1-3H3;. The molecule has 0 aliphatic carbocycles. The molecule has 5 nitrogen and oxygen atoms in total. The van der Waals surface area contributed by atoms with E-state index in [2.05, 4.69) is 11.8 Å². The van der Waals surface area contributed by atoms with Gasteiger partial charge in [0.15, 0.2) is 23.0 Å². The van der Waals surface area contributed by atoms with Crippen LogP contribution in [0.1, 0.15) is 24.5 Å². The average Bonchev–Trinajstić information content (AvgIpc) is 2.59. The summed E-state index contributed by atoms with van der Waals surface area (Å²) in [5.41, 5.74) is 1.07. The molecule has 6 heteroatoms. The second kappa shape index (κ2) is 10.4. The van der Waals surface area contributed by atoms with Crippen LogP contribution in [0.2, 0.25) is 0 Å². The Morgan fingerprint density at radius 2 is 1.60 bits per heavy atom. The van der Waals surface area contributed by atoms with Crippen molar-refractivity contribution in [2.75, 3.05) is 20.8 Å². The number of benzene rings is 2. The second-order valence-corrected chi connectivity index (χ2v) is 5.01. The van der Waals surface area contributed by atoms with Crippen LogP contribution in [0.5, 0.6) is 28.7 Å². The van der Waals surface area contributed by atoms with Crippen LogP contribution in [0.4, 0.5) is 0 Å². The molecule has 0 saturated heterocycles. The molecule has 0 aliphatic rings. The molecule has 0 amide bonds. The van der Waals surface area contributed by atoms with Crippen LogP contribution in [0.15, 0.2) is 30.3 Å². The molecule has 0 aromatic heterocycles. The van der Waals surface area contributed by atoms with Gasteiger partial charge in [-0.2, -0.15) is 0 Å². The predicted octanol–water partition coefficient (Wildman–Crippen LogP) is 3.30. The fraction of sp³-hybridized carbons (Fsp3) is 0.263. The number of phenolic OH excluding ortho intramolecular Hbond substituents is 2. The summed E-state index contributed by atoms with van der Waals surface area (Å²) in [6, 6.07) is 8.07. The Labute approximate surface area is 180 Å². The number of rotatable bonds is 5. The van der Waals surface area contributed by atoms with E-state index in [4.69, 9.17) is 14.2 Å². The first-order valence-electron chi connectivity index (χ1n) is 7.51. The van der Waals surface area contributed by atoms with Gasteiger partial charge in [-0.3, -0.25) is 0 Å². The Kier molecular flexibility index (Phi) is 8.88. The third-order valence-corrected chi connectivity index (χ3v) is 3.26. The first-order valence-corrected chi connectivity index (χ1v) is 7.51. The Morgan fingerprint density at radius 3 is 2.24 bits per heavy atom. The molecule has 0 heterocycles. The van der Waals surface area contributed by atoms with Gasteiger partial charge >= 0.3 is 0 Å². The van der Waals surface area contributed by atoms with E-state index in [1.165, 1.54) is 19.2 Å². The van der Waals surface area contributed by atoms with Crippen molar-refractivity contribution < 1.29 is 65.7 Å². The van der Waals surface area contributed by atoms with E-state index in [0.717, 1.165) is 6.42 Å². The first-order chi connectivity index (χ1) is 11.6. The Hall–Kier alpha value is -1.64. The fourth-order valence-corrected chi connectivity index (χ4v) is 2.04. The van der Waals surface area contributed by atoms with E-state index < -0.39 is 0 Å². The Bertz CT molecular complexity index is 777. The zero-order valence-corrected chi connectivity index (χ0v) is 18.2. The van der Waals surface area contributed by atoms with Gasteiger partial charge < -0.3 is 24.4 Å². The van der Waals surface area contributed by atoms with Crippen molar-refractivity contribution in [3.05, 3.63) is 41.5 Å². The van der Waals surface area contributed by atoms with Gasteiger partial charge in [-0.15, -0.1) is 0 Å². The van der Waals surface area contributed by atoms with Gasteiger partial charge in [-0.25, -0.2) is 0 Å². The van der Waals surface area contributed by atoms with Crippen LogP contribution in [0.25, 0.3) is 0 Å². The van der Waals surface area contributed by atoms with Crippen LogP contribution < -0.4 is 14.2 Å². The predicted molar refractivity (Wildman–Crippen MR) is 91.1 cm³/mol. The summed E-state index contributed by atoms with van der Waals surface area (Å²) < 4.78 is 15.9. The van der Waals surface area contributed by atoms with E-state index in [9.17, 15) is 10.2 Å². The molecule has 129 valence electrons. The van der Waals surface area contributed by atoms with Gasteiger partial charge in [0, 0.05) is 59.0 Å². The van der Waals surface area contributed by atoms with Gasteiger partial charge in [-0.1, -0.05) is 18.8 Å². The second-order valence-electron chi connectivity index (χ2n) is 5.01. The van der Waals surface area contributed by atoms with E-state index in [-0.39, 0.29) is 58.5 Å². The zero-order valence-electron chi connectivity index (χ0n) is 14.5. The number of ether oxygens (including phenoxy) is 3. The number of methoxy groups -OCH3 is 2. The third-order valence-electron chi connectivity index (χ3n) is 3.26. The largest absolute Gasteiger partial charge is 0.507 e. The summed E-state index contributed by atoms with van der Waals surface area (Å²) >= 11 is 0. The normalized spacial score (nSPS) is 9.40. The molecule has 0 spiro atoms. The van der Waals surface area contributed by atoms with Crippen molar-refractivity contribution in [2.24, 2.45) is 0 Å². The minimum atomic E-state index is -0.139. The van der Waals surface area contributed by atoms with Gasteiger partial charge in [0.2, 0.25) is 0 Å². The smallest absolute Gasteiger partial charge is 0.162 e. The Morgan fingerprint density at radius 1 is 0.880 bits per heavy atom. The molecule has 0 bridgehead atoms. The van der Waals surface area contributed by atoms with Crippen molar-refractivity contribution in [3.8, 4) is 40.6 Å². The van der Waals surface area contributed by atoms with Crippen LogP contribution in [0.3, 0.4) is 0 Å². The first kappa shape index (κ1) is 21.4. The van der Waals surface area contributed by atoms with E-state index in [1.54, 1.807) is 19.2 Å². The topological polar surface area (TPSA) is 68.2 Å². The summed E-state index contributed by atoms with van der Waals surface area (Å²) in [4.78, 5) is 0. The zero-order chi connectivity index (χ0) is 17.5. The van der Waals surface area contributed by atoms with Gasteiger partial charge in [0.05, 0.1) is 26.4 Å². The molecule has 0 saturated carbocycles.